The highest BCUT2D eigenvalue weighted by atomic mass is 32.2. The van der Waals surface area contributed by atoms with Gasteiger partial charge in [-0.3, -0.25) is 4.79 Å². The number of allylic oxidation sites excluding steroid dienone is 2. The topological polar surface area (TPSA) is 34.1 Å². The summed E-state index contributed by atoms with van der Waals surface area (Å²) in [5.74, 6) is -0.835. The SMILES string of the molecule is Cc1ccc(S(=O)c2ccccc2C(=O)/C=C/C(F)(F)F)cc1. The molecule has 6 heteroatoms. The second kappa shape index (κ2) is 6.91. The van der Waals surface area contributed by atoms with Crippen molar-refractivity contribution in [2.45, 2.75) is 22.9 Å². The first-order valence-corrected chi connectivity index (χ1v) is 7.81. The van der Waals surface area contributed by atoms with Crippen LogP contribution in [0.5, 0.6) is 0 Å². The van der Waals surface area contributed by atoms with Gasteiger partial charge in [0.15, 0.2) is 5.78 Å². The van der Waals surface area contributed by atoms with Crippen molar-refractivity contribution < 1.29 is 22.2 Å². The zero-order chi connectivity index (χ0) is 17.0. The average Bonchev–Trinajstić information content (AvgIpc) is 2.52. The summed E-state index contributed by atoms with van der Waals surface area (Å²) in [5, 5.41) is 0. The highest BCUT2D eigenvalue weighted by molar-refractivity contribution is 7.85. The molecule has 0 N–H and O–H groups in total. The van der Waals surface area contributed by atoms with E-state index in [4.69, 9.17) is 0 Å². The monoisotopic (exact) mass is 338 g/mol. The van der Waals surface area contributed by atoms with Crippen molar-refractivity contribution in [1.29, 1.82) is 0 Å². The molecule has 0 bridgehead atoms. The van der Waals surface area contributed by atoms with E-state index in [1.807, 2.05) is 6.92 Å². The maximum absolute atomic E-state index is 12.6. The first-order valence-electron chi connectivity index (χ1n) is 6.66. The first-order chi connectivity index (χ1) is 10.8. The van der Waals surface area contributed by atoms with Gasteiger partial charge in [0.1, 0.15) is 0 Å². The highest BCUT2D eigenvalue weighted by Gasteiger charge is 2.23. The zero-order valence-corrected chi connectivity index (χ0v) is 12.9. The largest absolute Gasteiger partial charge is 0.409 e. The van der Waals surface area contributed by atoms with E-state index in [0.717, 1.165) is 5.56 Å². The van der Waals surface area contributed by atoms with Gasteiger partial charge in [-0.25, -0.2) is 4.21 Å². The van der Waals surface area contributed by atoms with Crippen LogP contribution in [0.2, 0.25) is 0 Å². The summed E-state index contributed by atoms with van der Waals surface area (Å²) in [5.41, 5.74) is 0.982. The van der Waals surface area contributed by atoms with E-state index in [1.165, 1.54) is 18.2 Å². The summed E-state index contributed by atoms with van der Waals surface area (Å²) in [6, 6.07) is 12.8. The fourth-order valence-corrected chi connectivity index (χ4v) is 3.09. The van der Waals surface area contributed by atoms with Crippen LogP contribution in [0.3, 0.4) is 0 Å². The predicted octanol–water partition coefficient (Wildman–Crippen LogP) is 4.46. The number of alkyl halides is 3. The zero-order valence-electron chi connectivity index (χ0n) is 12.1. The minimum atomic E-state index is -4.57. The molecule has 1 atom stereocenters. The summed E-state index contributed by atoms with van der Waals surface area (Å²) in [6.07, 6.45) is -4.24. The Balaban J connectivity index is 2.37. The fourth-order valence-electron chi connectivity index (χ4n) is 1.88. The standard InChI is InChI=1S/C17H13F3O2S/c1-12-6-8-13(9-7-12)23(22)16-5-3-2-4-14(16)15(21)10-11-17(18,19)20/h2-11H,1H3/b11-10+. The van der Waals surface area contributed by atoms with Crippen LogP contribution < -0.4 is 0 Å². The second-order valence-electron chi connectivity index (χ2n) is 4.82. The molecular weight excluding hydrogens is 325 g/mol. The normalized spacial score (nSPS) is 13.2. The van der Waals surface area contributed by atoms with Crippen molar-refractivity contribution in [1.82, 2.24) is 0 Å². The molecule has 23 heavy (non-hydrogen) atoms. The highest BCUT2D eigenvalue weighted by Crippen LogP contribution is 2.22. The summed E-state index contributed by atoms with van der Waals surface area (Å²) in [6.45, 7) is 1.88. The quantitative estimate of drug-likeness (QED) is 0.609. The van der Waals surface area contributed by atoms with Gasteiger partial charge < -0.3 is 0 Å². The Labute approximate surface area is 134 Å². The average molecular weight is 338 g/mol. The van der Waals surface area contributed by atoms with Crippen LogP contribution in [0.1, 0.15) is 15.9 Å². The maximum Gasteiger partial charge on any atom is 0.409 e. The Hall–Kier alpha value is -2.21. The van der Waals surface area contributed by atoms with Crippen LogP contribution in [-0.2, 0) is 10.8 Å². The van der Waals surface area contributed by atoms with Gasteiger partial charge in [-0.15, -0.1) is 0 Å². The van der Waals surface area contributed by atoms with Gasteiger partial charge in [0.05, 0.1) is 15.7 Å². The smallest absolute Gasteiger partial charge is 0.289 e. The summed E-state index contributed by atoms with van der Waals surface area (Å²) >= 11 is 0. The van der Waals surface area contributed by atoms with E-state index in [2.05, 4.69) is 0 Å². The summed E-state index contributed by atoms with van der Waals surface area (Å²) in [7, 11) is -1.65. The van der Waals surface area contributed by atoms with E-state index >= 15 is 0 Å². The lowest BCUT2D eigenvalue weighted by molar-refractivity contribution is -0.0799. The van der Waals surface area contributed by atoms with E-state index < -0.39 is 22.8 Å². The Morgan fingerprint density at radius 1 is 1.04 bits per heavy atom. The number of aryl methyl sites for hydroxylation is 1. The molecule has 2 aromatic carbocycles. The molecule has 0 aliphatic heterocycles. The Morgan fingerprint density at radius 3 is 2.26 bits per heavy atom. The van der Waals surface area contributed by atoms with Crippen LogP contribution in [0.4, 0.5) is 13.2 Å². The molecule has 0 fully saturated rings. The molecule has 0 aliphatic rings. The van der Waals surface area contributed by atoms with Crippen molar-refractivity contribution >= 4 is 16.6 Å². The number of rotatable bonds is 4. The Kier molecular flexibility index (Phi) is 5.15. The number of halogens is 3. The van der Waals surface area contributed by atoms with Crippen LogP contribution in [-0.4, -0.2) is 16.2 Å². The summed E-state index contributed by atoms with van der Waals surface area (Å²) in [4.78, 5) is 12.7. The molecule has 0 saturated heterocycles. The van der Waals surface area contributed by atoms with Crippen molar-refractivity contribution in [2.75, 3.05) is 0 Å². The molecule has 120 valence electrons. The van der Waals surface area contributed by atoms with Gasteiger partial charge in [0, 0.05) is 16.5 Å². The molecule has 0 amide bonds. The molecule has 2 rings (SSSR count). The van der Waals surface area contributed by atoms with Gasteiger partial charge in [0.2, 0.25) is 0 Å². The van der Waals surface area contributed by atoms with Gasteiger partial charge in [0.25, 0.3) is 0 Å². The van der Waals surface area contributed by atoms with E-state index in [-0.39, 0.29) is 16.5 Å². The Bertz CT molecular complexity index is 762. The lowest BCUT2D eigenvalue weighted by Gasteiger charge is -2.07. The van der Waals surface area contributed by atoms with Gasteiger partial charge in [-0.05, 0) is 37.3 Å². The second-order valence-corrected chi connectivity index (χ2v) is 6.27. The van der Waals surface area contributed by atoms with Crippen molar-refractivity contribution in [2.24, 2.45) is 0 Å². The maximum atomic E-state index is 12.6. The predicted molar refractivity (Wildman–Crippen MR) is 81.8 cm³/mol. The van der Waals surface area contributed by atoms with Crippen LogP contribution in [0.25, 0.3) is 0 Å². The van der Waals surface area contributed by atoms with Crippen molar-refractivity contribution in [3.05, 3.63) is 71.8 Å². The molecule has 0 spiro atoms. The van der Waals surface area contributed by atoms with Gasteiger partial charge in [-0.2, -0.15) is 13.2 Å². The molecule has 2 aromatic rings. The number of hydrogen-bond donors (Lipinski definition) is 0. The molecule has 0 aliphatic carbocycles. The lowest BCUT2D eigenvalue weighted by Crippen LogP contribution is -2.06. The molecule has 2 nitrogen and oxygen atoms in total. The van der Waals surface area contributed by atoms with Gasteiger partial charge in [-0.1, -0.05) is 29.8 Å². The number of hydrogen-bond acceptors (Lipinski definition) is 2. The third-order valence-electron chi connectivity index (χ3n) is 3.01. The van der Waals surface area contributed by atoms with Gasteiger partial charge >= 0.3 is 6.18 Å². The van der Waals surface area contributed by atoms with Crippen LogP contribution >= 0.6 is 0 Å². The van der Waals surface area contributed by atoms with E-state index in [1.54, 1.807) is 30.3 Å². The number of benzene rings is 2. The number of ketones is 1. The Morgan fingerprint density at radius 2 is 1.65 bits per heavy atom. The number of carbonyl (C=O) groups excluding carboxylic acids is 1. The first kappa shape index (κ1) is 17.1. The van der Waals surface area contributed by atoms with Crippen LogP contribution in [0, 0.1) is 6.92 Å². The third-order valence-corrected chi connectivity index (χ3v) is 4.47. The third kappa shape index (κ3) is 4.63. The molecule has 0 heterocycles. The molecule has 0 aromatic heterocycles. The lowest BCUT2D eigenvalue weighted by atomic mass is 10.1. The fraction of sp³-hybridized carbons (Fsp3) is 0.118. The number of carbonyl (C=O) groups is 1. The molecule has 1 unspecified atom stereocenters. The van der Waals surface area contributed by atoms with E-state index in [0.29, 0.717) is 11.0 Å². The van der Waals surface area contributed by atoms with Crippen LogP contribution in [0.15, 0.2) is 70.5 Å². The minimum absolute atomic E-state index is 0.00749. The molecule has 0 saturated carbocycles. The molecular formula is C17H13F3O2S. The van der Waals surface area contributed by atoms with Crippen molar-refractivity contribution in [3.63, 3.8) is 0 Å². The molecule has 0 radical (unpaired) electrons. The van der Waals surface area contributed by atoms with Crippen molar-refractivity contribution in [3.8, 4) is 0 Å². The van der Waals surface area contributed by atoms with E-state index in [9.17, 15) is 22.2 Å². The minimum Gasteiger partial charge on any atom is -0.289 e. The summed E-state index contributed by atoms with van der Waals surface area (Å²) < 4.78 is 49.2.